The zero-order chi connectivity index (χ0) is 17.5. The first-order chi connectivity index (χ1) is 11.5. The highest BCUT2D eigenvalue weighted by Gasteiger charge is 2.29. The minimum atomic E-state index is -0.808. The van der Waals surface area contributed by atoms with Crippen LogP contribution in [0.4, 0.5) is 0 Å². The lowest BCUT2D eigenvalue weighted by Crippen LogP contribution is -2.44. The normalized spacial score (nSPS) is 16.9. The van der Waals surface area contributed by atoms with Gasteiger partial charge < -0.3 is 10.1 Å². The molecule has 0 saturated carbocycles. The van der Waals surface area contributed by atoms with Crippen LogP contribution in [0.3, 0.4) is 0 Å². The van der Waals surface area contributed by atoms with Gasteiger partial charge in [-0.3, -0.25) is 14.4 Å². The Morgan fingerprint density at radius 3 is 2.54 bits per heavy atom. The van der Waals surface area contributed by atoms with Crippen molar-refractivity contribution in [3.8, 4) is 0 Å². The lowest BCUT2D eigenvalue weighted by atomic mass is 9.92. The summed E-state index contributed by atoms with van der Waals surface area (Å²) in [5.74, 6) is -0.844. The van der Waals surface area contributed by atoms with E-state index < -0.39 is 6.04 Å². The third-order valence-electron chi connectivity index (χ3n) is 3.73. The average Bonchev–Trinajstić information content (AvgIpc) is 2.59. The molecule has 0 radical (unpaired) electrons. The Morgan fingerprint density at radius 1 is 1.17 bits per heavy atom. The summed E-state index contributed by atoms with van der Waals surface area (Å²) in [5, 5.41) is 2.73. The van der Waals surface area contributed by atoms with Crippen LogP contribution in [0.25, 0.3) is 0 Å². The van der Waals surface area contributed by atoms with Gasteiger partial charge in [0.25, 0.3) is 5.91 Å². The fourth-order valence-electron chi connectivity index (χ4n) is 2.34. The molecule has 126 valence electrons. The molecule has 5 nitrogen and oxygen atoms in total. The van der Waals surface area contributed by atoms with Crippen molar-refractivity contribution in [1.29, 1.82) is 0 Å². The molecular formula is C19H21NO4. The smallest absolute Gasteiger partial charge is 0.306 e. The van der Waals surface area contributed by atoms with Gasteiger partial charge in [0, 0.05) is 12.0 Å². The van der Waals surface area contributed by atoms with Crippen molar-refractivity contribution in [2.75, 3.05) is 6.61 Å². The molecule has 5 heteroatoms. The predicted octanol–water partition coefficient (Wildman–Crippen LogP) is 2.58. The van der Waals surface area contributed by atoms with Gasteiger partial charge >= 0.3 is 5.97 Å². The molecule has 0 bridgehead atoms. The van der Waals surface area contributed by atoms with Gasteiger partial charge in [-0.2, -0.15) is 0 Å². The molecule has 1 atom stereocenters. The maximum atomic E-state index is 12.4. The van der Waals surface area contributed by atoms with E-state index in [-0.39, 0.29) is 24.3 Å². The number of allylic oxidation sites excluding steroid dienone is 2. The number of hydrogen-bond acceptors (Lipinski definition) is 4. The molecule has 0 fully saturated rings. The molecule has 0 aliphatic heterocycles. The lowest BCUT2D eigenvalue weighted by molar-refractivity contribution is -0.143. The van der Waals surface area contributed by atoms with Crippen molar-refractivity contribution in [2.45, 2.75) is 32.7 Å². The van der Waals surface area contributed by atoms with Gasteiger partial charge in [0.2, 0.25) is 0 Å². The highest BCUT2D eigenvalue weighted by Crippen LogP contribution is 2.17. The van der Waals surface area contributed by atoms with Gasteiger partial charge in [0.1, 0.15) is 12.6 Å². The number of carbonyl (C=O) groups is 3. The van der Waals surface area contributed by atoms with Crippen LogP contribution in [0.2, 0.25) is 0 Å². The number of ether oxygens (including phenoxy) is 1. The van der Waals surface area contributed by atoms with Crippen molar-refractivity contribution >= 4 is 17.7 Å². The second-order valence-electron chi connectivity index (χ2n) is 5.64. The molecule has 1 unspecified atom stereocenters. The van der Waals surface area contributed by atoms with E-state index in [1.54, 1.807) is 43.3 Å². The highest BCUT2D eigenvalue weighted by molar-refractivity contribution is 6.06. The number of nitrogens with one attached hydrogen (secondary N) is 1. The van der Waals surface area contributed by atoms with Crippen LogP contribution in [0, 0.1) is 0 Å². The van der Waals surface area contributed by atoms with Gasteiger partial charge in [-0.05, 0) is 36.6 Å². The van der Waals surface area contributed by atoms with Gasteiger partial charge in [-0.25, -0.2) is 0 Å². The van der Waals surface area contributed by atoms with E-state index in [2.05, 4.69) is 5.32 Å². The number of carbonyl (C=O) groups excluding carboxylic acids is 3. The molecular weight excluding hydrogens is 306 g/mol. The Balaban J connectivity index is 2.10. The van der Waals surface area contributed by atoms with Crippen LogP contribution < -0.4 is 5.32 Å². The molecule has 0 heterocycles. The number of ketones is 1. The molecule has 1 aliphatic carbocycles. The number of hydrogen-bond donors (Lipinski definition) is 1. The van der Waals surface area contributed by atoms with Crippen LogP contribution in [-0.4, -0.2) is 30.3 Å². The third kappa shape index (κ3) is 4.41. The summed E-state index contributed by atoms with van der Waals surface area (Å²) in [6.45, 7) is 3.58. The van der Waals surface area contributed by atoms with E-state index in [1.807, 2.05) is 13.0 Å². The first-order valence-corrected chi connectivity index (χ1v) is 7.96. The summed E-state index contributed by atoms with van der Waals surface area (Å²) in [4.78, 5) is 36.3. The molecule has 1 amide bonds. The van der Waals surface area contributed by atoms with Gasteiger partial charge in [0.15, 0.2) is 5.78 Å². The molecule has 1 aromatic rings. The summed E-state index contributed by atoms with van der Waals surface area (Å²) in [6.07, 6.45) is 4.43. The molecule has 0 aromatic heterocycles. The monoisotopic (exact) mass is 327 g/mol. The second kappa shape index (κ2) is 8.24. The summed E-state index contributed by atoms with van der Waals surface area (Å²) in [6, 6.07) is 7.87. The Bertz CT molecular complexity index is 689. The fourth-order valence-corrected chi connectivity index (χ4v) is 2.34. The fraction of sp³-hybridized carbons (Fsp3) is 0.316. The largest absolute Gasteiger partial charge is 0.461 e. The van der Waals surface area contributed by atoms with Crippen molar-refractivity contribution in [1.82, 2.24) is 5.32 Å². The maximum Gasteiger partial charge on any atom is 0.306 e. The van der Waals surface area contributed by atoms with E-state index in [9.17, 15) is 14.4 Å². The van der Waals surface area contributed by atoms with Crippen molar-refractivity contribution in [3.05, 3.63) is 59.2 Å². The van der Waals surface area contributed by atoms with Crippen LogP contribution in [0.15, 0.2) is 53.6 Å². The molecule has 0 spiro atoms. The zero-order valence-corrected chi connectivity index (χ0v) is 13.9. The minimum Gasteiger partial charge on any atom is -0.461 e. The summed E-state index contributed by atoms with van der Waals surface area (Å²) in [7, 11) is 0. The second-order valence-corrected chi connectivity index (χ2v) is 5.64. The molecule has 2 rings (SSSR count). The number of Topliss-reactive ketones (excluding diaryl/α,β-unsaturated/α-hetero) is 1. The van der Waals surface area contributed by atoms with Crippen LogP contribution in [0.5, 0.6) is 0 Å². The SMILES string of the molecule is CCCC(=O)OCC1=CC=C(C)C(=O)C1NC(=O)c1ccccc1. The van der Waals surface area contributed by atoms with Crippen molar-refractivity contribution in [2.24, 2.45) is 0 Å². The van der Waals surface area contributed by atoms with Crippen molar-refractivity contribution in [3.63, 3.8) is 0 Å². The van der Waals surface area contributed by atoms with E-state index in [0.29, 0.717) is 29.6 Å². The lowest BCUT2D eigenvalue weighted by Gasteiger charge is -2.23. The number of benzene rings is 1. The van der Waals surface area contributed by atoms with Crippen molar-refractivity contribution < 1.29 is 19.1 Å². The molecule has 1 N–H and O–H groups in total. The Kier molecular flexibility index (Phi) is 6.07. The number of rotatable bonds is 6. The van der Waals surface area contributed by atoms with Gasteiger partial charge in [-0.1, -0.05) is 37.3 Å². The van der Waals surface area contributed by atoms with Crippen LogP contribution in [-0.2, 0) is 14.3 Å². The topological polar surface area (TPSA) is 72.5 Å². The number of esters is 1. The first-order valence-electron chi connectivity index (χ1n) is 7.96. The average molecular weight is 327 g/mol. The van der Waals surface area contributed by atoms with E-state index in [1.165, 1.54) is 0 Å². The van der Waals surface area contributed by atoms with Gasteiger partial charge in [0.05, 0.1) is 0 Å². The van der Waals surface area contributed by atoms with Gasteiger partial charge in [-0.15, -0.1) is 0 Å². The highest BCUT2D eigenvalue weighted by atomic mass is 16.5. The quantitative estimate of drug-likeness (QED) is 0.815. The van der Waals surface area contributed by atoms with Crippen LogP contribution in [0.1, 0.15) is 37.0 Å². The molecule has 0 saturated heterocycles. The zero-order valence-electron chi connectivity index (χ0n) is 13.9. The molecule has 1 aromatic carbocycles. The summed E-state index contributed by atoms with van der Waals surface area (Å²) in [5.41, 5.74) is 1.59. The Morgan fingerprint density at radius 2 is 1.88 bits per heavy atom. The summed E-state index contributed by atoms with van der Waals surface area (Å²) >= 11 is 0. The third-order valence-corrected chi connectivity index (χ3v) is 3.73. The standard InChI is InChI=1S/C19H21NO4/c1-3-7-16(21)24-12-15-11-10-13(2)18(22)17(15)20-19(23)14-8-5-4-6-9-14/h4-6,8-11,17H,3,7,12H2,1-2H3,(H,20,23). The summed E-state index contributed by atoms with van der Waals surface area (Å²) < 4.78 is 5.18. The predicted molar refractivity (Wildman–Crippen MR) is 90.4 cm³/mol. The van der Waals surface area contributed by atoms with Crippen LogP contribution >= 0.6 is 0 Å². The van der Waals surface area contributed by atoms with E-state index in [4.69, 9.17) is 4.74 Å². The Hall–Kier alpha value is -2.69. The maximum absolute atomic E-state index is 12.4. The molecule has 1 aliphatic rings. The minimum absolute atomic E-state index is 0.00586. The Labute approximate surface area is 141 Å². The first kappa shape index (κ1) is 17.7. The number of amides is 1. The molecule has 24 heavy (non-hydrogen) atoms. The van der Waals surface area contributed by atoms with E-state index >= 15 is 0 Å². The van der Waals surface area contributed by atoms with E-state index in [0.717, 1.165) is 0 Å².